The van der Waals surface area contributed by atoms with E-state index >= 15 is 0 Å². The zero-order valence-corrected chi connectivity index (χ0v) is 12.0. The van der Waals surface area contributed by atoms with Crippen LogP contribution in [0, 0.1) is 13.8 Å². The zero-order chi connectivity index (χ0) is 14.7. The predicted octanol–water partition coefficient (Wildman–Crippen LogP) is 3.93. The molecule has 0 amide bonds. The molecule has 0 unspecified atom stereocenters. The van der Waals surface area contributed by atoms with Crippen molar-refractivity contribution in [3.63, 3.8) is 0 Å². The summed E-state index contributed by atoms with van der Waals surface area (Å²) in [5.41, 5.74) is 3.21. The van der Waals surface area contributed by atoms with Crippen LogP contribution in [0.3, 0.4) is 0 Å². The fourth-order valence-electron chi connectivity index (χ4n) is 2.08. The van der Waals surface area contributed by atoms with Gasteiger partial charge in [-0.1, -0.05) is 30.3 Å². The molecule has 1 heterocycles. The van der Waals surface area contributed by atoms with Crippen LogP contribution in [0.2, 0.25) is 0 Å². The highest BCUT2D eigenvalue weighted by molar-refractivity contribution is 5.57. The monoisotopic (exact) mass is 280 g/mol. The van der Waals surface area contributed by atoms with Gasteiger partial charge in [0.15, 0.2) is 6.61 Å². The standard InChI is InChI=1S/C17H16N2O2/c1-12-6-5-8-14(10-12)20-11-16-18-19-17(21-16)15-9-4-3-7-13(15)2/h3-10H,11H2,1-2H3. The number of nitrogens with zero attached hydrogens (tertiary/aromatic N) is 2. The summed E-state index contributed by atoms with van der Waals surface area (Å²) in [6.07, 6.45) is 0. The molecule has 4 heteroatoms. The topological polar surface area (TPSA) is 48.2 Å². The largest absolute Gasteiger partial charge is 0.484 e. The summed E-state index contributed by atoms with van der Waals surface area (Å²) in [7, 11) is 0. The molecule has 0 fully saturated rings. The van der Waals surface area contributed by atoms with Crippen LogP contribution in [0.4, 0.5) is 0 Å². The van der Waals surface area contributed by atoms with Gasteiger partial charge in [-0.3, -0.25) is 0 Å². The minimum Gasteiger partial charge on any atom is -0.484 e. The third-order valence-corrected chi connectivity index (χ3v) is 3.19. The summed E-state index contributed by atoms with van der Waals surface area (Å²) in [4.78, 5) is 0. The van der Waals surface area contributed by atoms with E-state index in [1.165, 1.54) is 0 Å². The second-order valence-corrected chi connectivity index (χ2v) is 4.92. The molecule has 0 bridgehead atoms. The minimum atomic E-state index is 0.266. The van der Waals surface area contributed by atoms with Gasteiger partial charge in [0.05, 0.1) is 0 Å². The van der Waals surface area contributed by atoms with Gasteiger partial charge in [0, 0.05) is 5.56 Å². The Morgan fingerprint density at radius 3 is 2.67 bits per heavy atom. The van der Waals surface area contributed by atoms with E-state index in [0.717, 1.165) is 22.4 Å². The second-order valence-electron chi connectivity index (χ2n) is 4.92. The smallest absolute Gasteiger partial charge is 0.254 e. The first-order valence-electron chi connectivity index (χ1n) is 6.80. The SMILES string of the molecule is Cc1cccc(OCc2nnc(-c3ccccc3C)o2)c1. The van der Waals surface area contributed by atoms with E-state index in [1.54, 1.807) is 0 Å². The van der Waals surface area contributed by atoms with Crippen molar-refractivity contribution in [3.05, 3.63) is 65.5 Å². The van der Waals surface area contributed by atoms with Crippen LogP contribution in [-0.2, 0) is 6.61 Å². The van der Waals surface area contributed by atoms with Gasteiger partial charge in [-0.2, -0.15) is 0 Å². The van der Waals surface area contributed by atoms with Crippen LogP contribution in [0.1, 0.15) is 17.0 Å². The molecule has 0 N–H and O–H groups in total. The first-order valence-corrected chi connectivity index (χ1v) is 6.80. The van der Waals surface area contributed by atoms with Crippen LogP contribution in [0.5, 0.6) is 5.75 Å². The molecule has 106 valence electrons. The fraction of sp³-hybridized carbons (Fsp3) is 0.176. The van der Waals surface area contributed by atoms with Crippen molar-refractivity contribution in [1.82, 2.24) is 10.2 Å². The Morgan fingerprint density at radius 1 is 1.00 bits per heavy atom. The fourth-order valence-corrected chi connectivity index (χ4v) is 2.08. The Kier molecular flexibility index (Phi) is 3.69. The number of hydrogen-bond donors (Lipinski definition) is 0. The van der Waals surface area contributed by atoms with Gasteiger partial charge in [-0.25, -0.2) is 0 Å². The van der Waals surface area contributed by atoms with E-state index < -0.39 is 0 Å². The number of aryl methyl sites for hydroxylation is 2. The molecular formula is C17H16N2O2. The van der Waals surface area contributed by atoms with E-state index in [0.29, 0.717) is 11.8 Å². The number of benzene rings is 2. The molecule has 0 aliphatic carbocycles. The predicted molar refractivity (Wildman–Crippen MR) is 80.0 cm³/mol. The lowest BCUT2D eigenvalue weighted by molar-refractivity contribution is 0.264. The van der Waals surface area contributed by atoms with Crippen LogP contribution < -0.4 is 4.74 Å². The molecule has 21 heavy (non-hydrogen) atoms. The van der Waals surface area contributed by atoms with Gasteiger partial charge >= 0.3 is 0 Å². The number of aromatic nitrogens is 2. The Bertz CT molecular complexity index is 750. The van der Waals surface area contributed by atoms with Crippen molar-refractivity contribution in [3.8, 4) is 17.2 Å². The van der Waals surface area contributed by atoms with E-state index in [-0.39, 0.29) is 6.61 Å². The Labute approximate surface area is 123 Å². The van der Waals surface area contributed by atoms with Gasteiger partial charge in [0.2, 0.25) is 5.89 Å². The van der Waals surface area contributed by atoms with Gasteiger partial charge < -0.3 is 9.15 Å². The maximum atomic E-state index is 5.66. The second kappa shape index (κ2) is 5.79. The molecule has 1 aromatic heterocycles. The molecule has 2 aromatic carbocycles. The van der Waals surface area contributed by atoms with Crippen molar-refractivity contribution in [1.29, 1.82) is 0 Å². The van der Waals surface area contributed by atoms with E-state index in [1.807, 2.05) is 62.4 Å². The van der Waals surface area contributed by atoms with Gasteiger partial charge in [-0.15, -0.1) is 10.2 Å². The normalized spacial score (nSPS) is 10.6. The maximum Gasteiger partial charge on any atom is 0.254 e. The lowest BCUT2D eigenvalue weighted by atomic mass is 10.1. The molecule has 0 spiro atoms. The molecular weight excluding hydrogens is 264 g/mol. The average Bonchev–Trinajstić information content (AvgIpc) is 2.94. The van der Waals surface area contributed by atoms with E-state index in [4.69, 9.17) is 9.15 Å². The van der Waals surface area contributed by atoms with E-state index in [2.05, 4.69) is 10.2 Å². The third kappa shape index (κ3) is 3.11. The maximum absolute atomic E-state index is 5.66. The number of ether oxygens (including phenoxy) is 1. The Balaban J connectivity index is 1.72. The summed E-state index contributed by atoms with van der Waals surface area (Å²) in [6, 6.07) is 15.8. The highest BCUT2D eigenvalue weighted by atomic mass is 16.5. The molecule has 0 atom stereocenters. The summed E-state index contributed by atoms with van der Waals surface area (Å²) in [6.45, 7) is 4.31. The molecule has 0 radical (unpaired) electrons. The van der Waals surface area contributed by atoms with Gasteiger partial charge in [0.1, 0.15) is 5.75 Å². The zero-order valence-electron chi connectivity index (χ0n) is 12.0. The van der Waals surface area contributed by atoms with Gasteiger partial charge in [0.25, 0.3) is 5.89 Å². The first kappa shape index (κ1) is 13.4. The molecule has 0 saturated carbocycles. The highest BCUT2D eigenvalue weighted by Gasteiger charge is 2.10. The van der Waals surface area contributed by atoms with Crippen molar-refractivity contribution in [2.24, 2.45) is 0 Å². The summed E-state index contributed by atoms with van der Waals surface area (Å²) in [5.74, 6) is 1.79. The first-order chi connectivity index (χ1) is 10.2. The molecule has 0 aliphatic rings. The third-order valence-electron chi connectivity index (χ3n) is 3.19. The number of hydrogen-bond acceptors (Lipinski definition) is 4. The van der Waals surface area contributed by atoms with Gasteiger partial charge in [-0.05, 0) is 43.2 Å². The average molecular weight is 280 g/mol. The number of rotatable bonds is 4. The molecule has 0 aliphatic heterocycles. The van der Waals surface area contributed by atoms with Crippen LogP contribution in [0.15, 0.2) is 52.9 Å². The molecule has 3 aromatic rings. The Hall–Kier alpha value is -2.62. The molecule has 4 nitrogen and oxygen atoms in total. The minimum absolute atomic E-state index is 0.266. The van der Waals surface area contributed by atoms with Crippen LogP contribution in [-0.4, -0.2) is 10.2 Å². The summed E-state index contributed by atoms with van der Waals surface area (Å²) >= 11 is 0. The van der Waals surface area contributed by atoms with Crippen molar-refractivity contribution >= 4 is 0 Å². The van der Waals surface area contributed by atoms with Crippen molar-refractivity contribution < 1.29 is 9.15 Å². The lowest BCUT2D eigenvalue weighted by Crippen LogP contribution is -1.95. The van der Waals surface area contributed by atoms with Crippen LogP contribution in [0.25, 0.3) is 11.5 Å². The highest BCUT2D eigenvalue weighted by Crippen LogP contribution is 2.22. The van der Waals surface area contributed by atoms with Crippen molar-refractivity contribution in [2.75, 3.05) is 0 Å². The molecule has 3 rings (SSSR count). The Morgan fingerprint density at radius 2 is 1.86 bits per heavy atom. The summed E-state index contributed by atoms with van der Waals surface area (Å²) < 4.78 is 11.3. The quantitative estimate of drug-likeness (QED) is 0.726. The lowest BCUT2D eigenvalue weighted by Gasteiger charge is -2.03. The van der Waals surface area contributed by atoms with E-state index in [9.17, 15) is 0 Å². The van der Waals surface area contributed by atoms with Crippen molar-refractivity contribution in [2.45, 2.75) is 20.5 Å². The summed E-state index contributed by atoms with van der Waals surface area (Å²) in [5, 5.41) is 8.11. The molecule has 0 saturated heterocycles. The van der Waals surface area contributed by atoms with Crippen LogP contribution >= 0.6 is 0 Å².